The average Bonchev–Trinajstić information content (AvgIpc) is 2.91. The molecule has 1 aliphatic rings. The molecule has 8 heteroatoms. The van der Waals surface area contributed by atoms with Crippen molar-refractivity contribution in [3.63, 3.8) is 0 Å². The van der Waals surface area contributed by atoms with Gasteiger partial charge in [0.15, 0.2) is 5.16 Å². The molecule has 0 atom stereocenters. The zero-order chi connectivity index (χ0) is 24.6. The van der Waals surface area contributed by atoms with Gasteiger partial charge in [-0.1, -0.05) is 55.4 Å². The number of amides is 1. The number of carbonyl (C=O) groups excluding carboxylic acids is 1. The molecule has 0 bridgehead atoms. The molecule has 4 rings (SSSR count). The Bertz CT molecular complexity index is 1190. The van der Waals surface area contributed by atoms with E-state index in [0.29, 0.717) is 48.9 Å². The molecule has 1 fully saturated rings. The highest BCUT2D eigenvalue weighted by molar-refractivity contribution is 7.99. The Kier molecular flexibility index (Phi) is 8.82. The maximum absolute atomic E-state index is 13.5. The van der Waals surface area contributed by atoms with Crippen LogP contribution in [0, 0.1) is 0 Å². The van der Waals surface area contributed by atoms with Gasteiger partial charge in [0.1, 0.15) is 0 Å². The van der Waals surface area contributed by atoms with Crippen LogP contribution in [0.3, 0.4) is 0 Å². The van der Waals surface area contributed by atoms with Crippen LogP contribution in [0.1, 0.15) is 32.3 Å². The molecule has 0 aliphatic carbocycles. The number of fused-ring (bicyclic) bond motifs is 1. The van der Waals surface area contributed by atoms with Crippen molar-refractivity contribution in [2.24, 2.45) is 0 Å². The SMILES string of the molecule is CCCCn1c(SCC(=O)N(CC)Cc2ccccc2)nc2ccc(N3CCOCC3)cc2c1=O. The molecule has 1 saturated heterocycles. The van der Waals surface area contributed by atoms with E-state index in [4.69, 9.17) is 9.72 Å². The second-order valence-corrected chi connectivity index (χ2v) is 9.63. The molecule has 0 spiro atoms. The number of benzene rings is 2. The highest BCUT2D eigenvalue weighted by atomic mass is 32.2. The number of anilines is 1. The number of nitrogens with zero attached hydrogens (tertiary/aromatic N) is 4. The normalized spacial score (nSPS) is 13.8. The summed E-state index contributed by atoms with van der Waals surface area (Å²) in [6, 6.07) is 15.9. The van der Waals surface area contributed by atoms with Crippen LogP contribution in [0.25, 0.3) is 10.9 Å². The minimum absolute atomic E-state index is 0.0369. The highest BCUT2D eigenvalue weighted by Crippen LogP contribution is 2.24. The molecule has 1 amide bonds. The standard InChI is InChI=1S/C27H34N4O3S/c1-3-5-13-31-26(33)23-18-22(30-14-16-34-17-15-30)11-12-24(23)28-27(31)35-20-25(32)29(4-2)19-21-9-7-6-8-10-21/h6-12,18H,3-5,13-17,19-20H2,1-2H3. The molecule has 186 valence electrons. The number of rotatable bonds is 10. The fraction of sp³-hybridized carbons (Fsp3) is 0.444. The van der Waals surface area contributed by atoms with Crippen LogP contribution in [-0.4, -0.2) is 59.0 Å². The molecule has 2 aromatic carbocycles. The van der Waals surface area contributed by atoms with E-state index in [1.54, 1.807) is 4.57 Å². The van der Waals surface area contributed by atoms with E-state index in [2.05, 4.69) is 11.8 Å². The lowest BCUT2D eigenvalue weighted by atomic mass is 10.2. The Labute approximate surface area is 211 Å². The van der Waals surface area contributed by atoms with Gasteiger partial charge in [0.05, 0.1) is 29.9 Å². The number of morpholine rings is 1. The monoisotopic (exact) mass is 494 g/mol. The summed E-state index contributed by atoms with van der Waals surface area (Å²) < 4.78 is 7.21. The van der Waals surface area contributed by atoms with Gasteiger partial charge < -0.3 is 14.5 Å². The quantitative estimate of drug-likeness (QED) is 0.311. The number of hydrogen-bond donors (Lipinski definition) is 0. The summed E-state index contributed by atoms with van der Waals surface area (Å²) in [5.41, 5.74) is 2.76. The first-order valence-corrected chi connectivity index (χ1v) is 13.4. The summed E-state index contributed by atoms with van der Waals surface area (Å²) >= 11 is 1.35. The van der Waals surface area contributed by atoms with E-state index in [0.717, 1.165) is 37.2 Å². The molecular formula is C27H34N4O3S. The molecular weight excluding hydrogens is 460 g/mol. The maximum atomic E-state index is 13.5. The third-order valence-electron chi connectivity index (χ3n) is 6.29. The number of aromatic nitrogens is 2. The topological polar surface area (TPSA) is 67.7 Å². The highest BCUT2D eigenvalue weighted by Gasteiger charge is 2.18. The van der Waals surface area contributed by atoms with Gasteiger partial charge in [-0.3, -0.25) is 14.2 Å². The van der Waals surface area contributed by atoms with E-state index in [-0.39, 0.29) is 17.2 Å². The number of unbranched alkanes of at least 4 members (excludes halogenated alkanes) is 1. The minimum atomic E-state index is -0.0369. The number of ether oxygens (including phenoxy) is 1. The Balaban J connectivity index is 1.56. The lowest BCUT2D eigenvalue weighted by Gasteiger charge is -2.29. The smallest absolute Gasteiger partial charge is 0.262 e. The van der Waals surface area contributed by atoms with Crippen molar-refractivity contribution < 1.29 is 9.53 Å². The van der Waals surface area contributed by atoms with Crippen molar-refractivity contribution in [1.82, 2.24) is 14.5 Å². The van der Waals surface area contributed by atoms with Crippen molar-refractivity contribution in [3.8, 4) is 0 Å². The first-order chi connectivity index (χ1) is 17.1. The van der Waals surface area contributed by atoms with Crippen LogP contribution in [0.2, 0.25) is 0 Å². The van der Waals surface area contributed by atoms with E-state index >= 15 is 0 Å². The fourth-order valence-electron chi connectivity index (χ4n) is 4.23. The molecule has 0 radical (unpaired) electrons. The van der Waals surface area contributed by atoms with Gasteiger partial charge in [-0.15, -0.1) is 0 Å². The lowest BCUT2D eigenvalue weighted by Crippen LogP contribution is -2.36. The molecule has 0 N–H and O–H groups in total. The van der Waals surface area contributed by atoms with Gasteiger partial charge in [-0.2, -0.15) is 0 Å². The van der Waals surface area contributed by atoms with E-state index in [1.165, 1.54) is 11.8 Å². The minimum Gasteiger partial charge on any atom is -0.378 e. The second-order valence-electron chi connectivity index (χ2n) is 8.69. The Hall–Kier alpha value is -2.84. The van der Waals surface area contributed by atoms with Crippen molar-refractivity contribution in [1.29, 1.82) is 0 Å². The van der Waals surface area contributed by atoms with Crippen LogP contribution in [0.4, 0.5) is 5.69 Å². The molecule has 35 heavy (non-hydrogen) atoms. The van der Waals surface area contributed by atoms with Gasteiger partial charge in [0.25, 0.3) is 5.56 Å². The van der Waals surface area contributed by atoms with Gasteiger partial charge in [-0.05, 0) is 37.1 Å². The molecule has 7 nitrogen and oxygen atoms in total. The van der Waals surface area contributed by atoms with Crippen LogP contribution < -0.4 is 10.5 Å². The summed E-state index contributed by atoms with van der Waals surface area (Å²) in [6.07, 6.45) is 1.86. The largest absolute Gasteiger partial charge is 0.378 e. The Morgan fingerprint density at radius 3 is 2.60 bits per heavy atom. The predicted molar refractivity (Wildman–Crippen MR) is 142 cm³/mol. The summed E-state index contributed by atoms with van der Waals surface area (Å²) in [4.78, 5) is 35.5. The summed E-state index contributed by atoms with van der Waals surface area (Å²) in [6.45, 7) is 8.92. The van der Waals surface area contributed by atoms with Crippen LogP contribution in [0.15, 0.2) is 58.5 Å². The Morgan fingerprint density at radius 2 is 1.89 bits per heavy atom. The second kappa shape index (κ2) is 12.2. The zero-order valence-corrected chi connectivity index (χ0v) is 21.4. The van der Waals surface area contributed by atoms with E-state index < -0.39 is 0 Å². The van der Waals surface area contributed by atoms with Gasteiger partial charge >= 0.3 is 0 Å². The van der Waals surface area contributed by atoms with Crippen molar-refractivity contribution in [3.05, 3.63) is 64.4 Å². The fourth-order valence-corrected chi connectivity index (χ4v) is 5.16. The van der Waals surface area contributed by atoms with E-state index in [9.17, 15) is 9.59 Å². The number of thioether (sulfide) groups is 1. The average molecular weight is 495 g/mol. The molecule has 0 unspecified atom stereocenters. The van der Waals surface area contributed by atoms with Crippen LogP contribution in [0.5, 0.6) is 0 Å². The lowest BCUT2D eigenvalue weighted by molar-refractivity contribution is -0.128. The summed E-state index contributed by atoms with van der Waals surface area (Å²) in [5, 5.41) is 1.24. The van der Waals surface area contributed by atoms with E-state index in [1.807, 2.05) is 60.4 Å². The van der Waals surface area contributed by atoms with Gasteiger partial charge in [0, 0.05) is 38.4 Å². The summed E-state index contributed by atoms with van der Waals surface area (Å²) in [5.74, 6) is 0.289. The molecule has 1 aromatic heterocycles. The number of hydrogen-bond acceptors (Lipinski definition) is 6. The first kappa shape index (κ1) is 25.3. The maximum Gasteiger partial charge on any atom is 0.262 e. The molecule has 1 aliphatic heterocycles. The van der Waals surface area contributed by atoms with Crippen LogP contribution in [-0.2, 0) is 22.6 Å². The Morgan fingerprint density at radius 1 is 1.11 bits per heavy atom. The predicted octanol–water partition coefficient (Wildman–Crippen LogP) is 4.17. The van der Waals surface area contributed by atoms with Crippen molar-refractivity contribution >= 4 is 34.3 Å². The number of carbonyl (C=O) groups is 1. The third-order valence-corrected chi connectivity index (χ3v) is 7.25. The molecule has 3 aromatic rings. The third kappa shape index (κ3) is 6.24. The molecule has 2 heterocycles. The zero-order valence-electron chi connectivity index (χ0n) is 20.6. The molecule has 0 saturated carbocycles. The summed E-state index contributed by atoms with van der Waals surface area (Å²) in [7, 11) is 0. The van der Waals surface area contributed by atoms with Gasteiger partial charge in [0.2, 0.25) is 5.91 Å². The first-order valence-electron chi connectivity index (χ1n) is 12.4. The van der Waals surface area contributed by atoms with Crippen molar-refractivity contribution in [2.75, 3.05) is 43.5 Å². The van der Waals surface area contributed by atoms with Crippen molar-refractivity contribution in [2.45, 2.75) is 44.9 Å². The van der Waals surface area contributed by atoms with Gasteiger partial charge in [-0.25, -0.2) is 4.98 Å². The van der Waals surface area contributed by atoms with Crippen LogP contribution >= 0.6 is 11.8 Å².